The number of piperidine rings is 1. The van der Waals surface area contributed by atoms with Gasteiger partial charge in [-0.05, 0) is 19.3 Å². The van der Waals surface area contributed by atoms with Crippen molar-refractivity contribution in [1.29, 1.82) is 0 Å². The monoisotopic (exact) mass is 354 g/mol. The van der Waals surface area contributed by atoms with Gasteiger partial charge in [-0.25, -0.2) is 0 Å². The lowest BCUT2D eigenvalue weighted by Gasteiger charge is -2.37. The number of amides is 3. The summed E-state index contributed by atoms with van der Waals surface area (Å²) < 4.78 is 5.02. The molecule has 142 valence electrons. The third-order valence-corrected chi connectivity index (χ3v) is 4.95. The number of carbonyl (C=O) groups excluding carboxylic acids is 3. The first-order valence-electron chi connectivity index (χ1n) is 9.10. The zero-order valence-electron chi connectivity index (χ0n) is 15.0. The summed E-state index contributed by atoms with van der Waals surface area (Å²) in [4.78, 5) is 40.2. The number of rotatable bonds is 8. The van der Waals surface area contributed by atoms with Crippen molar-refractivity contribution in [2.45, 2.75) is 38.1 Å². The molecule has 0 aliphatic carbocycles. The Morgan fingerprint density at radius 1 is 1.36 bits per heavy atom. The summed E-state index contributed by atoms with van der Waals surface area (Å²) in [5.74, 6) is -0.321. The van der Waals surface area contributed by atoms with E-state index in [0.717, 1.165) is 19.3 Å². The van der Waals surface area contributed by atoms with Gasteiger partial charge in [0.1, 0.15) is 0 Å². The van der Waals surface area contributed by atoms with Crippen LogP contribution in [-0.2, 0) is 19.1 Å². The normalized spacial score (nSPS) is 23.8. The largest absolute Gasteiger partial charge is 0.383 e. The molecule has 0 aromatic carbocycles. The summed E-state index contributed by atoms with van der Waals surface area (Å²) in [7, 11) is 1.60. The minimum Gasteiger partial charge on any atom is -0.383 e. The van der Waals surface area contributed by atoms with Crippen LogP contribution in [0, 0.1) is 5.92 Å². The van der Waals surface area contributed by atoms with Crippen LogP contribution in [0.5, 0.6) is 0 Å². The quantitative estimate of drug-likeness (QED) is 0.601. The van der Waals surface area contributed by atoms with Gasteiger partial charge in [0.2, 0.25) is 17.7 Å². The van der Waals surface area contributed by atoms with Crippen molar-refractivity contribution < 1.29 is 19.1 Å². The van der Waals surface area contributed by atoms with Gasteiger partial charge in [-0.3, -0.25) is 14.4 Å². The van der Waals surface area contributed by atoms with Gasteiger partial charge < -0.3 is 25.6 Å². The Labute approximate surface area is 149 Å². The number of nitrogens with two attached hydrogens (primary N) is 1. The van der Waals surface area contributed by atoms with Crippen molar-refractivity contribution in [1.82, 2.24) is 15.1 Å². The second kappa shape index (κ2) is 9.72. The lowest BCUT2D eigenvalue weighted by atomic mass is 9.98. The lowest BCUT2D eigenvalue weighted by molar-refractivity contribution is -0.139. The van der Waals surface area contributed by atoms with Gasteiger partial charge in [0.05, 0.1) is 12.5 Å². The molecule has 2 unspecified atom stereocenters. The summed E-state index contributed by atoms with van der Waals surface area (Å²) in [5, 5.41) is 2.87. The molecule has 0 radical (unpaired) electrons. The zero-order valence-corrected chi connectivity index (χ0v) is 15.0. The van der Waals surface area contributed by atoms with Gasteiger partial charge in [0.25, 0.3) is 0 Å². The van der Waals surface area contributed by atoms with Crippen LogP contribution in [0.4, 0.5) is 0 Å². The number of hydrogen-bond donors (Lipinski definition) is 2. The molecule has 8 nitrogen and oxygen atoms in total. The van der Waals surface area contributed by atoms with E-state index >= 15 is 0 Å². The Morgan fingerprint density at radius 2 is 2.16 bits per heavy atom. The van der Waals surface area contributed by atoms with Crippen molar-refractivity contribution >= 4 is 17.7 Å². The summed E-state index contributed by atoms with van der Waals surface area (Å²) in [5.41, 5.74) is 5.39. The second-order valence-corrected chi connectivity index (χ2v) is 6.76. The molecule has 0 saturated carbocycles. The van der Waals surface area contributed by atoms with E-state index in [4.69, 9.17) is 10.5 Å². The van der Waals surface area contributed by atoms with Crippen molar-refractivity contribution in [3.63, 3.8) is 0 Å². The third-order valence-electron chi connectivity index (χ3n) is 4.95. The molecule has 0 aromatic heterocycles. The maximum atomic E-state index is 12.9. The van der Waals surface area contributed by atoms with Crippen molar-refractivity contribution in [2.24, 2.45) is 11.7 Å². The van der Waals surface area contributed by atoms with Crippen molar-refractivity contribution in [3.05, 3.63) is 0 Å². The van der Waals surface area contributed by atoms with Gasteiger partial charge in [-0.1, -0.05) is 0 Å². The summed E-state index contributed by atoms with van der Waals surface area (Å²) in [6.45, 7) is 2.94. The predicted octanol–water partition coefficient (Wildman–Crippen LogP) is -0.673. The van der Waals surface area contributed by atoms with Gasteiger partial charge in [-0.2, -0.15) is 0 Å². The molecule has 0 spiro atoms. The minimum atomic E-state index is -0.287. The number of hydrogen-bond acceptors (Lipinski definition) is 5. The summed E-state index contributed by atoms with van der Waals surface area (Å²) >= 11 is 0. The topological polar surface area (TPSA) is 105 Å². The van der Waals surface area contributed by atoms with Crippen LogP contribution in [0.3, 0.4) is 0 Å². The van der Waals surface area contributed by atoms with E-state index in [1.165, 1.54) is 0 Å². The maximum absolute atomic E-state index is 12.9. The van der Waals surface area contributed by atoms with Gasteiger partial charge in [0.15, 0.2) is 0 Å². The van der Waals surface area contributed by atoms with Crippen molar-refractivity contribution in [3.8, 4) is 0 Å². The molecule has 2 rings (SSSR count). The molecule has 8 heteroatoms. The first-order chi connectivity index (χ1) is 12.1. The summed E-state index contributed by atoms with van der Waals surface area (Å²) in [6, 6.07) is 0.00565. The second-order valence-electron chi connectivity index (χ2n) is 6.76. The summed E-state index contributed by atoms with van der Waals surface area (Å²) in [6.07, 6.45) is 3.46. The number of nitrogens with zero attached hydrogens (tertiary/aromatic N) is 2. The third kappa shape index (κ3) is 5.40. The van der Waals surface area contributed by atoms with E-state index in [9.17, 15) is 14.4 Å². The first-order valence-corrected chi connectivity index (χ1v) is 9.10. The molecule has 2 saturated heterocycles. The van der Waals surface area contributed by atoms with E-state index in [1.54, 1.807) is 12.0 Å². The molecule has 0 aromatic rings. The number of ether oxygens (including phenoxy) is 1. The highest BCUT2D eigenvalue weighted by Crippen LogP contribution is 2.24. The Bertz CT molecular complexity index is 485. The Hall–Kier alpha value is -1.67. The van der Waals surface area contributed by atoms with Crippen LogP contribution in [0.25, 0.3) is 0 Å². The van der Waals surface area contributed by atoms with Gasteiger partial charge in [-0.15, -0.1) is 0 Å². The average Bonchev–Trinajstić information content (AvgIpc) is 2.99. The Balaban J connectivity index is 1.91. The molecule has 3 amide bonds. The average molecular weight is 354 g/mol. The number of methoxy groups -OCH3 is 1. The maximum Gasteiger partial charge on any atom is 0.228 e. The standard InChI is InChI=1S/C17H30N4O4/c1-25-9-8-20-12-13(10-16(20)23)17(24)21-7-3-2-4-14(21)11-19-15(22)5-6-18/h13-14H,2-12,18H2,1H3,(H,19,22). The van der Waals surface area contributed by atoms with E-state index in [0.29, 0.717) is 45.8 Å². The van der Waals surface area contributed by atoms with E-state index in [1.807, 2.05) is 4.90 Å². The van der Waals surface area contributed by atoms with Crippen LogP contribution >= 0.6 is 0 Å². The molecule has 2 heterocycles. The number of carbonyl (C=O) groups is 3. The van der Waals surface area contributed by atoms with Crippen LogP contribution in [-0.4, -0.2) is 80.0 Å². The number of likely N-dealkylation sites (tertiary alicyclic amines) is 2. The Kier molecular flexibility index (Phi) is 7.64. The fraction of sp³-hybridized carbons (Fsp3) is 0.824. The van der Waals surface area contributed by atoms with Gasteiger partial charge >= 0.3 is 0 Å². The molecule has 2 fully saturated rings. The Morgan fingerprint density at radius 3 is 2.88 bits per heavy atom. The van der Waals surface area contributed by atoms with Crippen LogP contribution in [0.1, 0.15) is 32.1 Å². The fourth-order valence-electron chi connectivity index (χ4n) is 3.54. The van der Waals surface area contributed by atoms with E-state index < -0.39 is 0 Å². The molecular formula is C17H30N4O4. The first kappa shape index (κ1) is 19.7. The highest BCUT2D eigenvalue weighted by atomic mass is 16.5. The number of nitrogens with one attached hydrogen (secondary N) is 1. The zero-order chi connectivity index (χ0) is 18.2. The highest BCUT2D eigenvalue weighted by molar-refractivity contribution is 5.89. The van der Waals surface area contributed by atoms with Gasteiger partial charge in [0, 0.05) is 58.7 Å². The predicted molar refractivity (Wildman–Crippen MR) is 92.6 cm³/mol. The molecule has 3 N–H and O–H groups in total. The highest BCUT2D eigenvalue weighted by Gasteiger charge is 2.38. The molecule has 2 aliphatic heterocycles. The molecular weight excluding hydrogens is 324 g/mol. The SMILES string of the molecule is COCCN1CC(C(=O)N2CCCCC2CNC(=O)CCN)CC1=O. The smallest absolute Gasteiger partial charge is 0.228 e. The molecule has 25 heavy (non-hydrogen) atoms. The van der Waals surface area contributed by atoms with E-state index in [-0.39, 0.29) is 36.1 Å². The van der Waals surface area contributed by atoms with Crippen molar-refractivity contribution in [2.75, 3.05) is 46.4 Å². The van der Waals surface area contributed by atoms with Crippen LogP contribution in [0.15, 0.2) is 0 Å². The molecule has 2 atom stereocenters. The minimum absolute atomic E-state index is 0.00565. The lowest BCUT2D eigenvalue weighted by Crippen LogP contribution is -2.51. The van der Waals surface area contributed by atoms with Crippen LogP contribution in [0.2, 0.25) is 0 Å². The molecule has 0 bridgehead atoms. The van der Waals surface area contributed by atoms with Crippen LogP contribution < -0.4 is 11.1 Å². The fourth-order valence-corrected chi connectivity index (χ4v) is 3.54. The van der Waals surface area contributed by atoms with E-state index in [2.05, 4.69) is 5.32 Å². The molecule has 2 aliphatic rings.